The zero-order valence-corrected chi connectivity index (χ0v) is 56.1. The normalized spacial score (nSPS) is 15.3. The first-order chi connectivity index (χ1) is 43.6. The van der Waals surface area contributed by atoms with E-state index in [0.717, 1.165) is 116 Å². The summed E-state index contributed by atoms with van der Waals surface area (Å²) in [7, 11) is 5.87. The lowest BCUT2D eigenvalue weighted by Crippen LogP contribution is -2.41. The Labute approximate surface area is 548 Å². The Kier molecular flexibility index (Phi) is 15.0. The smallest absolute Gasteiger partial charge is 0.457 e. The number of aromatic nitrogens is 6. The van der Waals surface area contributed by atoms with Gasteiger partial charge >= 0.3 is 7.12 Å². The standard InChI is InChI=1S/C43H34N4O.C20H23BN2O2.C15H12Br2O/c1-43(2)33-25-31(27-13-17-29(18-14-27)41-44-35-9-5-7-11-37(35)46(41)3)21-23-39(33)48-40-24-22-32(26-34(40)43)28-15-19-30(20-16-28)42-45-36-10-6-8-12-38(36)47(42)4;1-19(2)20(3,4)25-21(24-19)15-12-10-14(11-13-15)18-22-16-8-6-7-9-17(16)23(18)5;1-15(2)11-7-9(16)3-5-13(11)18-14-6-4-10(17)8-12(14)15/h5-26H,1-4H3;6-13H,1-5H3;3-8H,1-2H3. The summed E-state index contributed by atoms with van der Waals surface area (Å²) >= 11 is 7.06. The van der Waals surface area contributed by atoms with E-state index in [1.165, 1.54) is 33.4 Å². The highest BCUT2D eigenvalue weighted by Crippen LogP contribution is 2.51. The molecule has 0 amide bonds. The maximum atomic E-state index is 6.51. The molecular weight excluding hydrogens is 1260 g/mol. The van der Waals surface area contributed by atoms with Crippen LogP contribution in [-0.4, -0.2) is 47.0 Å². The van der Waals surface area contributed by atoms with Crippen molar-refractivity contribution in [2.24, 2.45) is 21.1 Å². The van der Waals surface area contributed by atoms with E-state index in [1.807, 2.05) is 61.6 Å². The number of halogens is 2. The Morgan fingerprint density at radius 1 is 0.330 bits per heavy atom. The number of aryl methyl sites for hydroxylation is 3. The SMILES string of the molecule is CC1(C)c2cc(Br)ccc2Oc2ccc(Br)cc21.Cn1c(-c2ccc(-c3ccc4c(c3)C(C)(C)c3cc(-c5ccc(-c6nc7ccccc7n6C)cc5)ccc3O4)cc2)nc2ccccc21.Cn1c(-c2ccc(B3OC(C)(C)C(C)(C)O3)cc2)nc2ccccc21. The van der Waals surface area contributed by atoms with Gasteiger partial charge < -0.3 is 32.5 Å². The molecule has 0 saturated carbocycles. The van der Waals surface area contributed by atoms with Crippen molar-refractivity contribution < 1.29 is 18.8 Å². The molecule has 1 saturated heterocycles. The summed E-state index contributed by atoms with van der Waals surface area (Å²) < 4.78 is 33.3. The molecule has 0 radical (unpaired) electrons. The van der Waals surface area contributed by atoms with Crippen LogP contribution in [0.5, 0.6) is 23.0 Å². The van der Waals surface area contributed by atoms with Crippen molar-refractivity contribution in [1.82, 2.24) is 28.7 Å². The van der Waals surface area contributed by atoms with Gasteiger partial charge in [-0.05, 0) is 152 Å². The van der Waals surface area contributed by atoms with Gasteiger partial charge in [0.25, 0.3) is 0 Å². The number of para-hydroxylation sites is 6. The van der Waals surface area contributed by atoms with Crippen LogP contribution >= 0.6 is 31.9 Å². The molecule has 3 aromatic heterocycles. The molecule has 91 heavy (non-hydrogen) atoms. The molecule has 6 heterocycles. The van der Waals surface area contributed by atoms with Crippen LogP contribution in [0.15, 0.2) is 227 Å². The van der Waals surface area contributed by atoms with E-state index >= 15 is 0 Å². The minimum absolute atomic E-state index is 0.0591. The van der Waals surface area contributed by atoms with E-state index in [1.54, 1.807) is 0 Å². The molecule has 16 rings (SSSR count). The van der Waals surface area contributed by atoms with Crippen LogP contribution in [0.1, 0.15) is 77.6 Å². The van der Waals surface area contributed by atoms with Crippen LogP contribution in [0.4, 0.5) is 0 Å². The summed E-state index contributed by atoms with van der Waals surface area (Å²) in [6.45, 7) is 17.3. The highest BCUT2D eigenvalue weighted by atomic mass is 79.9. The van der Waals surface area contributed by atoms with Gasteiger partial charge in [0.1, 0.15) is 40.5 Å². The third kappa shape index (κ3) is 10.8. The first-order valence-electron chi connectivity index (χ1n) is 30.8. The summed E-state index contributed by atoms with van der Waals surface area (Å²) in [5.41, 5.74) is 19.2. The van der Waals surface area contributed by atoms with E-state index in [0.29, 0.717) is 0 Å². The van der Waals surface area contributed by atoms with E-state index < -0.39 is 0 Å². The summed E-state index contributed by atoms with van der Waals surface area (Å²) in [6.07, 6.45) is 0. The Morgan fingerprint density at radius 3 is 0.956 bits per heavy atom. The van der Waals surface area contributed by atoms with Gasteiger partial charge in [-0.3, -0.25) is 0 Å². The molecule has 13 heteroatoms. The second kappa shape index (κ2) is 22.8. The first-order valence-corrected chi connectivity index (χ1v) is 32.4. The fourth-order valence-electron chi connectivity index (χ4n) is 12.9. The highest BCUT2D eigenvalue weighted by molar-refractivity contribution is 9.10. The van der Waals surface area contributed by atoms with Gasteiger partial charge in [-0.2, -0.15) is 0 Å². The highest BCUT2D eigenvalue weighted by Gasteiger charge is 2.51. The fraction of sp³-hybridized carbons (Fsp3) is 0.192. The molecule has 0 aliphatic carbocycles. The Balaban J connectivity index is 0.000000139. The third-order valence-electron chi connectivity index (χ3n) is 19.0. The van der Waals surface area contributed by atoms with Gasteiger partial charge in [-0.15, -0.1) is 0 Å². The van der Waals surface area contributed by atoms with Gasteiger partial charge in [0.15, 0.2) is 0 Å². The molecule has 3 aliphatic heterocycles. The van der Waals surface area contributed by atoms with E-state index in [9.17, 15) is 0 Å². The number of hydrogen-bond acceptors (Lipinski definition) is 7. The van der Waals surface area contributed by atoms with E-state index in [2.05, 4.69) is 279 Å². The van der Waals surface area contributed by atoms with Crippen LogP contribution in [0.3, 0.4) is 0 Å². The molecule has 0 bridgehead atoms. The molecule has 10 nitrogen and oxygen atoms in total. The van der Waals surface area contributed by atoms with Gasteiger partial charge in [0, 0.05) is 79.9 Å². The molecule has 0 spiro atoms. The molecule has 452 valence electrons. The van der Waals surface area contributed by atoms with Crippen molar-refractivity contribution in [1.29, 1.82) is 0 Å². The number of ether oxygens (including phenoxy) is 2. The molecule has 3 aliphatic rings. The number of rotatable bonds is 6. The fourth-order valence-corrected chi connectivity index (χ4v) is 13.6. The molecule has 13 aromatic rings. The molecule has 0 atom stereocenters. The van der Waals surface area contributed by atoms with Crippen molar-refractivity contribution in [3.05, 3.63) is 250 Å². The van der Waals surface area contributed by atoms with E-state index in [-0.39, 0.29) is 29.2 Å². The number of benzene rings is 10. The third-order valence-corrected chi connectivity index (χ3v) is 20.0. The summed E-state index contributed by atoms with van der Waals surface area (Å²) in [6, 6.07) is 75.9. The Hall–Kier alpha value is -8.85. The number of hydrogen-bond donors (Lipinski definition) is 0. The summed E-state index contributed by atoms with van der Waals surface area (Å²) in [5.74, 6) is 6.60. The largest absolute Gasteiger partial charge is 0.494 e. The maximum Gasteiger partial charge on any atom is 0.494 e. The molecule has 10 aromatic carbocycles. The second-order valence-electron chi connectivity index (χ2n) is 26.0. The number of nitrogens with zero attached hydrogens (tertiary/aromatic N) is 6. The molecule has 0 unspecified atom stereocenters. The topological polar surface area (TPSA) is 90.4 Å². The Morgan fingerprint density at radius 2 is 0.615 bits per heavy atom. The van der Waals surface area contributed by atoms with Crippen molar-refractivity contribution in [2.75, 3.05) is 0 Å². The maximum absolute atomic E-state index is 6.51. The first kappa shape index (κ1) is 59.8. The van der Waals surface area contributed by atoms with E-state index in [4.69, 9.17) is 33.7 Å². The minimum Gasteiger partial charge on any atom is -0.457 e. The van der Waals surface area contributed by atoms with Crippen molar-refractivity contribution in [2.45, 2.75) is 77.4 Å². The van der Waals surface area contributed by atoms with Crippen molar-refractivity contribution >= 4 is 77.5 Å². The number of fused-ring (bicyclic) bond motifs is 7. The Bertz CT molecular complexity index is 4720. The zero-order chi connectivity index (χ0) is 63.3. The van der Waals surface area contributed by atoms with Crippen molar-refractivity contribution in [3.8, 4) is 79.4 Å². The quantitative estimate of drug-likeness (QED) is 0.153. The van der Waals surface area contributed by atoms with Gasteiger partial charge in [-0.1, -0.05) is 181 Å². The van der Waals surface area contributed by atoms with Gasteiger partial charge in [0.05, 0.1) is 44.3 Å². The predicted molar refractivity (Wildman–Crippen MR) is 378 cm³/mol. The number of imidazole rings is 3. The molecular formula is C78H69BBr2N6O4. The molecule has 0 N–H and O–H groups in total. The van der Waals surface area contributed by atoms with Crippen LogP contribution in [0, 0.1) is 0 Å². The summed E-state index contributed by atoms with van der Waals surface area (Å²) in [4.78, 5) is 14.5. The lowest BCUT2D eigenvalue weighted by Gasteiger charge is -2.35. The molecule has 1 fully saturated rings. The lowest BCUT2D eigenvalue weighted by atomic mass is 9.74. The van der Waals surface area contributed by atoms with Gasteiger partial charge in [-0.25, -0.2) is 15.0 Å². The van der Waals surface area contributed by atoms with Crippen LogP contribution < -0.4 is 14.9 Å². The van der Waals surface area contributed by atoms with Crippen LogP contribution in [0.25, 0.3) is 89.5 Å². The van der Waals surface area contributed by atoms with Crippen molar-refractivity contribution in [3.63, 3.8) is 0 Å². The van der Waals surface area contributed by atoms with Crippen LogP contribution in [-0.2, 0) is 41.3 Å². The average molecular weight is 1330 g/mol. The predicted octanol–water partition coefficient (Wildman–Crippen LogP) is 19.7. The monoisotopic (exact) mass is 1320 g/mol. The average Bonchev–Trinajstić information content (AvgIpc) is 1.80. The van der Waals surface area contributed by atoms with Gasteiger partial charge in [0.2, 0.25) is 0 Å². The van der Waals surface area contributed by atoms with Crippen LogP contribution in [0.2, 0.25) is 0 Å². The zero-order valence-electron chi connectivity index (χ0n) is 52.9. The second-order valence-corrected chi connectivity index (χ2v) is 27.8. The lowest BCUT2D eigenvalue weighted by molar-refractivity contribution is 0.00578. The summed E-state index contributed by atoms with van der Waals surface area (Å²) in [5, 5.41) is 0. The minimum atomic E-state index is -0.334.